The molecular formula is C14H19N3O2S. The van der Waals surface area contributed by atoms with Crippen LogP contribution >= 0.6 is 11.8 Å². The summed E-state index contributed by atoms with van der Waals surface area (Å²) in [5.41, 5.74) is 6.97. The third kappa shape index (κ3) is 2.63. The first-order chi connectivity index (χ1) is 9.58. The first-order valence-electron chi connectivity index (χ1n) is 6.79. The molecule has 0 unspecified atom stereocenters. The number of hydrogen-bond acceptors (Lipinski definition) is 5. The van der Waals surface area contributed by atoms with Crippen molar-refractivity contribution >= 4 is 17.7 Å². The zero-order chi connectivity index (χ0) is 14.2. The predicted molar refractivity (Wildman–Crippen MR) is 79.6 cm³/mol. The predicted octanol–water partition coefficient (Wildman–Crippen LogP) is 0.137. The van der Waals surface area contributed by atoms with Gasteiger partial charge in [0.15, 0.2) is 0 Å². The maximum absolute atomic E-state index is 12.3. The van der Waals surface area contributed by atoms with Crippen LogP contribution in [0.25, 0.3) is 0 Å². The van der Waals surface area contributed by atoms with Gasteiger partial charge in [-0.3, -0.25) is 10.1 Å². The number of amides is 1. The molecule has 3 rings (SSSR count). The van der Waals surface area contributed by atoms with Crippen molar-refractivity contribution in [3.63, 3.8) is 0 Å². The van der Waals surface area contributed by atoms with Crippen molar-refractivity contribution in [3.05, 3.63) is 29.8 Å². The lowest BCUT2D eigenvalue weighted by Crippen LogP contribution is -2.68. The van der Waals surface area contributed by atoms with Crippen LogP contribution in [-0.2, 0) is 11.2 Å². The largest absolute Gasteiger partial charge is 0.508 e. The van der Waals surface area contributed by atoms with Crippen molar-refractivity contribution < 1.29 is 9.90 Å². The van der Waals surface area contributed by atoms with Gasteiger partial charge in [0.25, 0.3) is 0 Å². The summed E-state index contributed by atoms with van der Waals surface area (Å²) in [5.74, 6) is 1.35. The van der Waals surface area contributed by atoms with Crippen molar-refractivity contribution in [1.82, 2.24) is 10.2 Å². The highest BCUT2D eigenvalue weighted by Gasteiger charge is 2.48. The van der Waals surface area contributed by atoms with E-state index >= 15 is 0 Å². The van der Waals surface area contributed by atoms with Crippen molar-refractivity contribution in [2.75, 3.05) is 25.4 Å². The fourth-order valence-electron chi connectivity index (χ4n) is 2.71. The smallest absolute Gasteiger partial charge is 0.240 e. The number of likely N-dealkylation sites (tertiary alicyclic amines) is 1. The van der Waals surface area contributed by atoms with Gasteiger partial charge >= 0.3 is 0 Å². The number of nitrogens with two attached hydrogens (primary N) is 1. The molecule has 1 atom stereocenters. The van der Waals surface area contributed by atoms with E-state index in [2.05, 4.69) is 5.32 Å². The number of carbonyl (C=O) groups is 1. The summed E-state index contributed by atoms with van der Waals surface area (Å²) >= 11 is 1.90. The van der Waals surface area contributed by atoms with E-state index in [4.69, 9.17) is 5.73 Å². The molecule has 5 nitrogen and oxygen atoms in total. The Morgan fingerprint density at radius 3 is 2.75 bits per heavy atom. The molecule has 2 saturated heterocycles. The first-order valence-corrected chi connectivity index (χ1v) is 7.78. The van der Waals surface area contributed by atoms with E-state index < -0.39 is 6.04 Å². The van der Waals surface area contributed by atoms with Gasteiger partial charge < -0.3 is 15.7 Å². The van der Waals surface area contributed by atoms with Crippen LogP contribution in [-0.4, -0.2) is 52.2 Å². The number of aromatic hydroxyl groups is 1. The topological polar surface area (TPSA) is 78.6 Å². The van der Waals surface area contributed by atoms with Crippen LogP contribution in [0.1, 0.15) is 5.56 Å². The molecule has 1 amide bonds. The number of phenols is 1. The van der Waals surface area contributed by atoms with Crippen LogP contribution in [0, 0.1) is 0 Å². The highest BCUT2D eigenvalue weighted by atomic mass is 32.2. The second kappa shape index (κ2) is 5.27. The lowest BCUT2D eigenvalue weighted by atomic mass is 10.0. The molecule has 2 aliphatic rings. The molecule has 0 aliphatic carbocycles. The summed E-state index contributed by atoms with van der Waals surface area (Å²) in [5, 5.41) is 12.7. The van der Waals surface area contributed by atoms with Crippen LogP contribution in [0.15, 0.2) is 24.3 Å². The van der Waals surface area contributed by atoms with Gasteiger partial charge in [-0.05, 0) is 24.1 Å². The van der Waals surface area contributed by atoms with Gasteiger partial charge in [0.2, 0.25) is 5.91 Å². The molecule has 2 fully saturated rings. The van der Waals surface area contributed by atoms with E-state index in [-0.39, 0.29) is 16.5 Å². The Morgan fingerprint density at radius 1 is 1.45 bits per heavy atom. The van der Waals surface area contributed by atoms with Crippen LogP contribution in [0.4, 0.5) is 0 Å². The minimum Gasteiger partial charge on any atom is -0.508 e. The third-order valence-corrected chi connectivity index (χ3v) is 5.20. The Bertz CT molecular complexity index is 492. The van der Waals surface area contributed by atoms with Crippen LogP contribution in [0.3, 0.4) is 0 Å². The number of nitrogens with zero attached hydrogens (tertiary/aromatic N) is 1. The summed E-state index contributed by atoms with van der Waals surface area (Å²) in [6.07, 6.45) is 0.503. The number of benzene rings is 1. The van der Waals surface area contributed by atoms with Crippen LogP contribution in [0.5, 0.6) is 5.75 Å². The summed E-state index contributed by atoms with van der Waals surface area (Å²) in [6.45, 7) is 2.52. The van der Waals surface area contributed by atoms with Gasteiger partial charge in [-0.2, -0.15) is 0 Å². The molecule has 2 heterocycles. The molecular weight excluding hydrogens is 274 g/mol. The first kappa shape index (κ1) is 13.7. The zero-order valence-electron chi connectivity index (χ0n) is 11.2. The lowest BCUT2D eigenvalue weighted by Gasteiger charge is -2.48. The van der Waals surface area contributed by atoms with Crippen LogP contribution in [0.2, 0.25) is 0 Å². The quantitative estimate of drug-likeness (QED) is 0.739. The number of thioether (sulfide) groups is 1. The Hall–Kier alpha value is -1.24. The SMILES string of the molecule is N[C@@H](Cc1ccc(O)cc1)C(=O)N1CC2(C1)NCCS2. The second-order valence-corrected chi connectivity index (χ2v) is 6.92. The van der Waals surface area contributed by atoms with Gasteiger partial charge in [-0.15, -0.1) is 11.8 Å². The van der Waals surface area contributed by atoms with E-state index in [9.17, 15) is 9.90 Å². The average Bonchev–Trinajstić information content (AvgIpc) is 2.88. The highest BCUT2D eigenvalue weighted by molar-refractivity contribution is 8.01. The Morgan fingerprint density at radius 2 is 2.15 bits per heavy atom. The van der Waals surface area contributed by atoms with Gasteiger partial charge in [0, 0.05) is 12.3 Å². The van der Waals surface area contributed by atoms with Gasteiger partial charge in [0.1, 0.15) is 10.6 Å². The highest BCUT2D eigenvalue weighted by Crippen LogP contribution is 2.36. The number of phenolic OH excluding ortho intramolecular Hbond substituents is 1. The van der Waals surface area contributed by atoms with Gasteiger partial charge in [0.05, 0.1) is 19.1 Å². The molecule has 108 valence electrons. The molecule has 0 bridgehead atoms. The fourth-order valence-corrected chi connectivity index (χ4v) is 4.01. The molecule has 0 aromatic heterocycles. The van der Waals surface area contributed by atoms with Crippen molar-refractivity contribution in [2.24, 2.45) is 5.73 Å². The molecule has 2 aliphatic heterocycles. The molecule has 0 radical (unpaired) electrons. The summed E-state index contributed by atoms with van der Waals surface area (Å²) < 4.78 is 0. The Labute approximate surface area is 122 Å². The summed E-state index contributed by atoms with van der Waals surface area (Å²) in [4.78, 5) is 14.2. The Balaban J connectivity index is 1.54. The Kier molecular flexibility index (Phi) is 3.62. The monoisotopic (exact) mass is 293 g/mol. The molecule has 20 heavy (non-hydrogen) atoms. The van der Waals surface area contributed by atoms with Crippen molar-refractivity contribution in [1.29, 1.82) is 0 Å². The van der Waals surface area contributed by atoms with E-state index in [1.807, 2.05) is 16.7 Å². The second-order valence-electron chi connectivity index (χ2n) is 5.44. The van der Waals surface area contributed by atoms with E-state index in [0.29, 0.717) is 6.42 Å². The number of rotatable bonds is 3. The van der Waals surface area contributed by atoms with Crippen molar-refractivity contribution in [3.8, 4) is 5.75 Å². The van der Waals surface area contributed by atoms with Gasteiger partial charge in [-0.25, -0.2) is 0 Å². The number of hydrogen-bond donors (Lipinski definition) is 3. The molecule has 1 aromatic rings. The maximum Gasteiger partial charge on any atom is 0.240 e. The average molecular weight is 293 g/mol. The van der Waals surface area contributed by atoms with E-state index in [1.54, 1.807) is 24.3 Å². The van der Waals surface area contributed by atoms with Crippen LogP contribution < -0.4 is 11.1 Å². The minimum atomic E-state index is -0.511. The molecule has 6 heteroatoms. The standard InChI is InChI=1S/C14H19N3O2S/c15-12(7-10-1-3-11(18)4-2-10)13(19)17-8-14(9-17)16-5-6-20-14/h1-4,12,16,18H,5-9,15H2/t12-/m0/s1. The lowest BCUT2D eigenvalue weighted by molar-refractivity contribution is -0.138. The number of carbonyl (C=O) groups excluding carboxylic acids is 1. The maximum atomic E-state index is 12.3. The summed E-state index contributed by atoms with van der Waals surface area (Å²) in [6, 6.07) is 6.32. The molecule has 1 spiro atoms. The molecule has 4 N–H and O–H groups in total. The normalized spacial score (nSPS) is 21.8. The van der Waals surface area contributed by atoms with E-state index in [0.717, 1.165) is 31.0 Å². The minimum absolute atomic E-state index is 0.0120. The van der Waals surface area contributed by atoms with Gasteiger partial charge in [-0.1, -0.05) is 12.1 Å². The molecule has 1 aromatic carbocycles. The number of nitrogens with one attached hydrogen (secondary N) is 1. The molecule has 0 saturated carbocycles. The third-order valence-electron chi connectivity index (χ3n) is 3.84. The fraction of sp³-hybridized carbons (Fsp3) is 0.500. The zero-order valence-corrected chi connectivity index (χ0v) is 12.0. The van der Waals surface area contributed by atoms with Crippen molar-refractivity contribution in [2.45, 2.75) is 17.3 Å². The summed E-state index contributed by atoms with van der Waals surface area (Å²) in [7, 11) is 0. The van der Waals surface area contributed by atoms with E-state index in [1.165, 1.54) is 0 Å².